The molecule has 0 aliphatic rings. The van der Waals surface area contributed by atoms with Gasteiger partial charge in [-0.2, -0.15) is 0 Å². The molecule has 0 unspecified atom stereocenters. The summed E-state index contributed by atoms with van der Waals surface area (Å²) in [7, 11) is 1.99. The second kappa shape index (κ2) is 7.54. The topological polar surface area (TPSA) is 43.7 Å². The third-order valence-electron chi connectivity index (χ3n) is 2.78. The zero-order valence-electron chi connectivity index (χ0n) is 10.2. The van der Waals surface area contributed by atoms with Crippen LogP contribution in [0.15, 0.2) is 18.2 Å². The van der Waals surface area contributed by atoms with Crippen molar-refractivity contribution in [2.45, 2.75) is 25.9 Å². The predicted molar refractivity (Wildman–Crippen MR) is 71.6 cm³/mol. The van der Waals surface area contributed by atoms with Crippen LogP contribution in [0.2, 0.25) is 5.02 Å². The van der Waals surface area contributed by atoms with Gasteiger partial charge in [0.15, 0.2) is 0 Å². The number of benzene rings is 1. The van der Waals surface area contributed by atoms with Gasteiger partial charge in [-0.25, -0.2) is 0 Å². The van der Waals surface area contributed by atoms with Gasteiger partial charge in [0.2, 0.25) is 0 Å². The molecule has 0 spiro atoms. The number of halogens is 1. The Morgan fingerprint density at radius 1 is 1.18 bits per heavy atom. The maximum atomic E-state index is 9.27. The number of hydrogen-bond donors (Lipinski definition) is 2. The van der Waals surface area contributed by atoms with Gasteiger partial charge < -0.3 is 15.1 Å². The molecule has 0 saturated heterocycles. The molecule has 1 aromatic carbocycles. The molecule has 0 radical (unpaired) electrons. The van der Waals surface area contributed by atoms with Crippen LogP contribution in [0.25, 0.3) is 0 Å². The Labute approximate surface area is 108 Å². The highest BCUT2D eigenvalue weighted by molar-refractivity contribution is 6.30. The Kier molecular flexibility index (Phi) is 6.34. The number of unbranched alkanes of at least 4 members (excludes halogenated alkanes) is 2. The molecule has 0 atom stereocenters. The molecule has 0 aliphatic carbocycles. The van der Waals surface area contributed by atoms with Gasteiger partial charge >= 0.3 is 0 Å². The SMILES string of the molecule is CN(CCCCCO)c1cc(Cl)ccc1CO. The Morgan fingerprint density at radius 3 is 2.59 bits per heavy atom. The molecule has 1 rings (SSSR count). The first-order valence-corrected chi connectivity index (χ1v) is 6.28. The van der Waals surface area contributed by atoms with E-state index in [-0.39, 0.29) is 13.2 Å². The fraction of sp³-hybridized carbons (Fsp3) is 0.538. The van der Waals surface area contributed by atoms with Gasteiger partial charge in [-0.15, -0.1) is 0 Å². The zero-order chi connectivity index (χ0) is 12.7. The standard InChI is InChI=1S/C13H20ClNO2/c1-15(7-3-2-4-8-16)13-9-12(14)6-5-11(13)10-17/h5-6,9,16-17H,2-4,7-8,10H2,1H3. The van der Waals surface area contributed by atoms with Crippen LogP contribution in [-0.4, -0.2) is 30.4 Å². The van der Waals surface area contributed by atoms with E-state index in [0.717, 1.165) is 37.1 Å². The Morgan fingerprint density at radius 2 is 1.94 bits per heavy atom. The Balaban J connectivity index is 2.60. The average Bonchev–Trinajstić information content (AvgIpc) is 2.34. The largest absolute Gasteiger partial charge is 0.396 e. The third kappa shape index (κ3) is 4.54. The minimum absolute atomic E-state index is 0.0213. The molecule has 0 aliphatic heterocycles. The molecule has 2 N–H and O–H groups in total. The highest BCUT2D eigenvalue weighted by Crippen LogP contribution is 2.24. The predicted octanol–water partition coefficient (Wildman–Crippen LogP) is 2.43. The molecule has 0 heterocycles. The van der Waals surface area contributed by atoms with Crippen LogP contribution in [0, 0.1) is 0 Å². The van der Waals surface area contributed by atoms with Gasteiger partial charge in [-0.3, -0.25) is 0 Å². The van der Waals surface area contributed by atoms with Crippen molar-refractivity contribution in [3.63, 3.8) is 0 Å². The number of hydrogen-bond acceptors (Lipinski definition) is 3. The van der Waals surface area contributed by atoms with Gasteiger partial charge in [0.05, 0.1) is 6.61 Å². The molecule has 0 bridgehead atoms. The normalized spacial score (nSPS) is 10.6. The molecule has 0 fully saturated rings. The maximum absolute atomic E-state index is 9.27. The van der Waals surface area contributed by atoms with Crippen LogP contribution in [0.3, 0.4) is 0 Å². The summed E-state index contributed by atoms with van der Waals surface area (Å²) in [5, 5.41) is 18.6. The first-order valence-electron chi connectivity index (χ1n) is 5.90. The molecule has 0 aromatic heterocycles. The lowest BCUT2D eigenvalue weighted by Gasteiger charge is -2.22. The molecule has 1 aromatic rings. The van der Waals surface area contributed by atoms with Crippen LogP contribution >= 0.6 is 11.6 Å². The van der Waals surface area contributed by atoms with Crippen molar-refractivity contribution in [2.75, 3.05) is 25.1 Å². The van der Waals surface area contributed by atoms with E-state index in [0.29, 0.717) is 5.02 Å². The maximum Gasteiger partial charge on any atom is 0.0702 e. The van der Waals surface area contributed by atoms with E-state index in [1.54, 1.807) is 6.07 Å². The zero-order valence-corrected chi connectivity index (χ0v) is 11.0. The second-order valence-electron chi connectivity index (χ2n) is 4.14. The average molecular weight is 258 g/mol. The lowest BCUT2D eigenvalue weighted by atomic mass is 10.1. The van der Waals surface area contributed by atoms with E-state index in [1.165, 1.54) is 0 Å². The summed E-state index contributed by atoms with van der Waals surface area (Å²) in [6.45, 7) is 1.17. The quantitative estimate of drug-likeness (QED) is 0.738. The van der Waals surface area contributed by atoms with E-state index in [2.05, 4.69) is 4.90 Å². The number of aliphatic hydroxyl groups is 2. The van der Waals surface area contributed by atoms with Crippen molar-refractivity contribution in [1.29, 1.82) is 0 Å². The van der Waals surface area contributed by atoms with E-state index in [1.807, 2.05) is 19.2 Å². The Bertz CT molecular complexity index is 344. The molecular formula is C13H20ClNO2. The molecular weight excluding hydrogens is 238 g/mol. The van der Waals surface area contributed by atoms with E-state index in [4.69, 9.17) is 16.7 Å². The summed E-state index contributed by atoms with van der Waals surface area (Å²) in [6, 6.07) is 5.51. The Hall–Kier alpha value is -0.770. The highest BCUT2D eigenvalue weighted by Gasteiger charge is 2.07. The van der Waals surface area contributed by atoms with E-state index in [9.17, 15) is 5.11 Å². The van der Waals surface area contributed by atoms with Crippen molar-refractivity contribution >= 4 is 17.3 Å². The van der Waals surface area contributed by atoms with Crippen molar-refractivity contribution < 1.29 is 10.2 Å². The van der Waals surface area contributed by atoms with Gasteiger partial charge in [-0.1, -0.05) is 17.7 Å². The van der Waals surface area contributed by atoms with E-state index < -0.39 is 0 Å². The monoisotopic (exact) mass is 257 g/mol. The van der Waals surface area contributed by atoms with Crippen LogP contribution in [-0.2, 0) is 6.61 Å². The first-order chi connectivity index (χ1) is 8.19. The number of anilines is 1. The summed E-state index contributed by atoms with van der Waals surface area (Å²) >= 11 is 5.96. The molecule has 0 saturated carbocycles. The highest BCUT2D eigenvalue weighted by atomic mass is 35.5. The lowest BCUT2D eigenvalue weighted by Crippen LogP contribution is -2.20. The fourth-order valence-corrected chi connectivity index (χ4v) is 1.95. The summed E-state index contributed by atoms with van der Waals surface area (Å²) < 4.78 is 0. The third-order valence-corrected chi connectivity index (χ3v) is 3.02. The molecule has 3 nitrogen and oxygen atoms in total. The minimum Gasteiger partial charge on any atom is -0.396 e. The second-order valence-corrected chi connectivity index (χ2v) is 4.57. The van der Waals surface area contributed by atoms with Gasteiger partial charge in [0.25, 0.3) is 0 Å². The summed E-state index contributed by atoms with van der Waals surface area (Å²) in [5.41, 5.74) is 1.86. The molecule has 4 heteroatoms. The van der Waals surface area contributed by atoms with Gasteiger partial charge in [0, 0.05) is 36.5 Å². The van der Waals surface area contributed by atoms with Crippen LogP contribution < -0.4 is 4.90 Å². The summed E-state index contributed by atoms with van der Waals surface area (Å²) in [4.78, 5) is 2.09. The summed E-state index contributed by atoms with van der Waals surface area (Å²) in [6.07, 6.45) is 2.88. The van der Waals surface area contributed by atoms with Crippen molar-refractivity contribution in [1.82, 2.24) is 0 Å². The minimum atomic E-state index is 0.0213. The van der Waals surface area contributed by atoms with Gasteiger partial charge in [0.1, 0.15) is 0 Å². The van der Waals surface area contributed by atoms with Crippen LogP contribution in [0.1, 0.15) is 24.8 Å². The summed E-state index contributed by atoms with van der Waals surface area (Å²) in [5.74, 6) is 0. The van der Waals surface area contributed by atoms with Crippen LogP contribution in [0.5, 0.6) is 0 Å². The smallest absolute Gasteiger partial charge is 0.0702 e. The van der Waals surface area contributed by atoms with Crippen molar-refractivity contribution in [3.8, 4) is 0 Å². The van der Waals surface area contributed by atoms with Crippen LogP contribution in [0.4, 0.5) is 5.69 Å². The first kappa shape index (κ1) is 14.3. The number of nitrogens with zero attached hydrogens (tertiary/aromatic N) is 1. The fourth-order valence-electron chi connectivity index (χ4n) is 1.78. The van der Waals surface area contributed by atoms with Crippen molar-refractivity contribution in [2.24, 2.45) is 0 Å². The van der Waals surface area contributed by atoms with Crippen molar-refractivity contribution in [3.05, 3.63) is 28.8 Å². The molecule has 96 valence electrons. The lowest BCUT2D eigenvalue weighted by molar-refractivity contribution is 0.281. The molecule has 17 heavy (non-hydrogen) atoms. The van der Waals surface area contributed by atoms with Gasteiger partial charge in [-0.05, 0) is 31.4 Å². The van der Waals surface area contributed by atoms with E-state index >= 15 is 0 Å². The molecule has 0 amide bonds. The number of rotatable bonds is 7. The number of aliphatic hydroxyl groups excluding tert-OH is 2.